The van der Waals surface area contributed by atoms with Crippen LogP contribution in [0.2, 0.25) is 0 Å². The summed E-state index contributed by atoms with van der Waals surface area (Å²) in [5.74, 6) is 0.664. The lowest BCUT2D eigenvalue weighted by atomic mass is 9.84. The predicted octanol–water partition coefficient (Wildman–Crippen LogP) is 1.78. The summed E-state index contributed by atoms with van der Waals surface area (Å²) >= 11 is 0. The Bertz CT molecular complexity index is 247. The Balaban J connectivity index is 1.71. The first-order valence-electron chi connectivity index (χ1n) is 7.64. The zero-order chi connectivity index (χ0) is 13.2. The molecule has 0 bridgehead atoms. The fraction of sp³-hybridized carbons (Fsp3) is 1.00. The van der Waals surface area contributed by atoms with Gasteiger partial charge in [0.2, 0.25) is 0 Å². The molecule has 0 radical (unpaired) electrons. The topological polar surface area (TPSA) is 32.5 Å². The minimum absolute atomic E-state index is 0.403. The van der Waals surface area contributed by atoms with Gasteiger partial charge in [0.1, 0.15) is 0 Å². The van der Waals surface area contributed by atoms with Crippen molar-refractivity contribution < 1.29 is 0 Å². The van der Waals surface area contributed by atoms with Crippen LogP contribution in [0.25, 0.3) is 0 Å². The van der Waals surface area contributed by atoms with Gasteiger partial charge in [0.05, 0.1) is 0 Å². The zero-order valence-corrected chi connectivity index (χ0v) is 12.5. The second-order valence-corrected chi connectivity index (χ2v) is 7.43. The summed E-state index contributed by atoms with van der Waals surface area (Å²) in [7, 11) is 0. The molecule has 0 aromatic heterocycles. The Morgan fingerprint density at radius 2 is 1.72 bits per heavy atom. The Labute approximate surface area is 113 Å². The summed E-state index contributed by atoms with van der Waals surface area (Å²) in [6.45, 7) is 14.0. The fourth-order valence-electron chi connectivity index (χ4n) is 3.20. The molecule has 1 saturated heterocycles. The van der Waals surface area contributed by atoms with Crippen LogP contribution in [0.15, 0.2) is 0 Å². The molecule has 1 aliphatic heterocycles. The van der Waals surface area contributed by atoms with Crippen LogP contribution in [0.5, 0.6) is 0 Å². The van der Waals surface area contributed by atoms with E-state index in [2.05, 4.69) is 30.6 Å². The van der Waals surface area contributed by atoms with E-state index >= 15 is 0 Å². The van der Waals surface area contributed by atoms with E-state index in [1.54, 1.807) is 0 Å². The molecule has 2 N–H and O–H groups in total. The van der Waals surface area contributed by atoms with Crippen molar-refractivity contribution in [3.63, 3.8) is 0 Å². The normalized spacial score (nSPS) is 25.3. The molecule has 1 aliphatic carbocycles. The van der Waals surface area contributed by atoms with Gasteiger partial charge in [-0.25, -0.2) is 0 Å². The van der Waals surface area contributed by atoms with Crippen molar-refractivity contribution in [2.75, 3.05) is 39.3 Å². The molecule has 2 rings (SSSR count). The van der Waals surface area contributed by atoms with Crippen LogP contribution in [0, 0.1) is 11.3 Å². The van der Waals surface area contributed by atoms with Gasteiger partial charge in [0.15, 0.2) is 0 Å². The largest absolute Gasteiger partial charge is 0.330 e. The van der Waals surface area contributed by atoms with Crippen LogP contribution in [-0.4, -0.2) is 55.1 Å². The smallest absolute Gasteiger partial charge is 0.0113 e. The molecule has 3 heteroatoms. The lowest BCUT2D eigenvalue weighted by Crippen LogP contribution is -2.49. The van der Waals surface area contributed by atoms with E-state index in [0.717, 1.165) is 12.6 Å². The van der Waals surface area contributed by atoms with Crippen molar-refractivity contribution in [1.82, 2.24) is 9.80 Å². The van der Waals surface area contributed by atoms with E-state index in [1.807, 2.05) is 0 Å². The highest BCUT2D eigenvalue weighted by atomic mass is 15.3. The molecule has 0 aromatic rings. The molecule has 0 amide bonds. The number of nitrogens with two attached hydrogens (primary N) is 1. The van der Waals surface area contributed by atoms with Gasteiger partial charge in [0, 0.05) is 38.8 Å². The number of hydrogen-bond donors (Lipinski definition) is 1. The van der Waals surface area contributed by atoms with Gasteiger partial charge >= 0.3 is 0 Å². The summed E-state index contributed by atoms with van der Waals surface area (Å²) in [4.78, 5) is 5.31. The fourth-order valence-corrected chi connectivity index (χ4v) is 3.20. The van der Waals surface area contributed by atoms with Crippen molar-refractivity contribution in [1.29, 1.82) is 0 Å². The lowest BCUT2D eigenvalue weighted by Gasteiger charge is -2.37. The molecule has 0 aromatic carbocycles. The third-order valence-electron chi connectivity index (χ3n) is 4.22. The molecule has 0 spiro atoms. The third kappa shape index (κ3) is 4.52. The van der Waals surface area contributed by atoms with Crippen LogP contribution in [-0.2, 0) is 0 Å². The van der Waals surface area contributed by atoms with Gasteiger partial charge in [0.25, 0.3) is 0 Å². The molecule has 1 saturated carbocycles. The number of rotatable bonds is 5. The monoisotopic (exact) mass is 253 g/mol. The molecular weight excluding hydrogens is 222 g/mol. The Hall–Kier alpha value is -0.120. The molecule has 1 atom stereocenters. The average Bonchev–Trinajstić information content (AvgIpc) is 3.11. The van der Waals surface area contributed by atoms with Gasteiger partial charge in [-0.05, 0) is 37.1 Å². The average molecular weight is 253 g/mol. The van der Waals surface area contributed by atoms with Crippen molar-refractivity contribution >= 4 is 0 Å². The van der Waals surface area contributed by atoms with Gasteiger partial charge in [-0.3, -0.25) is 4.90 Å². The standard InChI is InChI=1S/C15H31N3/c1-15(2,3)10-13(11-16)12-17-6-8-18(9-7-17)14-4-5-14/h13-14H,4-12,16H2,1-3H3. The van der Waals surface area contributed by atoms with Crippen molar-refractivity contribution in [2.45, 2.75) is 46.1 Å². The maximum Gasteiger partial charge on any atom is 0.0113 e. The van der Waals surface area contributed by atoms with E-state index in [1.165, 1.54) is 52.0 Å². The molecule has 1 heterocycles. The summed E-state index contributed by atoms with van der Waals surface area (Å²) in [5.41, 5.74) is 6.35. The SMILES string of the molecule is CC(C)(C)CC(CN)CN1CCN(C2CC2)CC1. The highest BCUT2D eigenvalue weighted by molar-refractivity contribution is 4.88. The molecule has 2 aliphatic rings. The maximum absolute atomic E-state index is 5.95. The van der Waals surface area contributed by atoms with Crippen LogP contribution in [0.4, 0.5) is 0 Å². The second kappa shape index (κ2) is 5.89. The molecule has 1 unspecified atom stereocenters. The quantitative estimate of drug-likeness (QED) is 0.810. The second-order valence-electron chi connectivity index (χ2n) is 7.43. The summed E-state index contributed by atoms with van der Waals surface area (Å²) in [6.07, 6.45) is 4.12. The zero-order valence-electron chi connectivity index (χ0n) is 12.5. The molecule has 3 nitrogen and oxygen atoms in total. The first kappa shape index (κ1) is 14.3. The Kier molecular flexibility index (Phi) is 4.68. The lowest BCUT2D eigenvalue weighted by molar-refractivity contribution is 0.105. The number of piperazine rings is 1. The van der Waals surface area contributed by atoms with E-state index < -0.39 is 0 Å². The minimum atomic E-state index is 0.403. The summed E-state index contributed by atoms with van der Waals surface area (Å²) < 4.78 is 0. The first-order valence-corrected chi connectivity index (χ1v) is 7.64. The van der Waals surface area contributed by atoms with Crippen LogP contribution in [0.3, 0.4) is 0 Å². The van der Waals surface area contributed by atoms with Crippen molar-refractivity contribution in [3.8, 4) is 0 Å². The van der Waals surface area contributed by atoms with E-state index in [-0.39, 0.29) is 0 Å². The van der Waals surface area contributed by atoms with Crippen LogP contribution in [0.1, 0.15) is 40.0 Å². The number of nitrogens with zero attached hydrogens (tertiary/aromatic N) is 2. The summed E-state index contributed by atoms with van der Waals surface area (Å²) in [5, 5.41) is 0. The molecule has 106 valence electrons. The Morgan fingerprint density at radius 3 is 2.17 bits per heavy atom. The van der Waals surface area contributed by atoms with E-state index in [9.17, 15) is 0 Å². The van der Waals surface area contributed by atoms with Gasteiger partial charge < -0.3 is 10.6 Å². The predicted molar refractivity (Wildman–Crippen MR) is 77.7 cm³/mol. The highest BCUT2D eigenvalue weighted by Crippen LogP contribution is 2.28. The maximum atomic E-state index is 5.95. The van der Waals surface area contributed by atoms with Crippen LogP contribution >= 0.6 is 0 Å². The number of hydrogen-bond acceptors (Lipinski definition) is 3. The molecule has 18 heavy (non-hydrogen) atoms. The minimum Gasteiger partial charge on any atom is -0.330 e. The Morgan fingerprint density at radius 1 is 1.11 bits per heavy atom. The van der Waals surface area contributed by atoms with Gasteiger partial charge in [-0.2, -0.15) is 0 Å². The van der Waals surface area contributed by atoms with E-state index in [4.69, 9.17) is 5.73 Å². The molecule has 2 fully saturated rings. The van der Waals surface area contributed by atoms with Gasteiger partial charge in [-0.1, -0.05) is 20.8 Å². The molecular formula is C15H31N3. The van der Waals surface area contributed by atoms with Gasteiger partial charge in [-0.15, -0.1) is 0 Å². The van der Waals surface area contributed by atoms with Crippen LogP contribution < -0.4 is 5.73 Å². The first-order chi connectivity index (χ1) is 8.48. The van der Waals surface area contributed by atoms with E-state index in [0.29, 0.717) is 11.3 Å². The highest BCUT2D eigenvalue weighted by Gasteiger charge is 2.31. The third-order valence-corrected chi connectivity index (χ3v) is 4.22. The van der Waals surface area contributed by atoms with Crippen molar-refractivity contribution in [2.24, 2.45) is 17.1 Å². The van der Waals surface area contributed by atoms with Crippen molar-refractivity contribution in [3.05, 3.63) is 0 Å². The summed E-state index contributed by atoms with van der Waals surface area (Å²) in [6, 6.07) is 0.937.